The van der Waals surface area contributed by atoms with Crippen molar-refractivity contribution in [1.82, 2.24) is 5.01 Å². The van der Waals surface area contributed by atoms with Crippen LogP contribution in [0, 0.1) is 42.4 Å². The molecular weight excluding hydrogens is 428 g/mol. The number of carbonyl (C=O) groups excluding carboxylic acids is 1. The summed E-state index contributed by atoms with van der Waals surface area (Å²) >= 11 is 6.31. The zero-order chi connectivity index (χ0) is 23.5. The monoisotopic (exact) mass is 462 g/mol. The van der Waals surface area contributed by atoms with Crippen LogP contribution in [0.15, 0.2) is 47.6 Å². The van der Waals surface area contributed by atoms with Gasteiger partial charge < -0.3 is 0 Å². The number of fused-ring (bicyclic) bond motifs is 2. The molecule has 2 aliphatic carbocycles. The molecule has 2 bridgehead atoms. The zero-order valence-corrected chi connectivity index (χ0v) is 21.2. The van der Waals surface area contributed by atoms with E-state index in [-0.39, 0.29) is 28.6 Å². The number of hydrogen-bond acceptors (Lipinski definition) is 2. The minimum absolute atomic E-state index is 0.0334. The van der Waals surface area contributed by atoms with E-state index in [1.165, 1.54) is 24.0 Å². The SMILES string of the molecule is Cc1ccc(CC2CN(C(=O)C3C(C)(C)[C@@H]4CC[C@]3(C)C4)N=C2c2ccc(Cl)c(C)c2)cc1. The fourth-order valence-electron chi connectivity index (χ4n) is 7.02. The van der Waals surface area contributed by atoms with Gasteiger partial charge in [0.1, 0.15) is 0 Å². The molecule has 4 atom stereocenters. The fourth-order valence-corrected chi connectivity index (χ4v) is 7.14. The molecule has 3 nitrogen and oxygen atoms in total. The van der Waals surface area contributed by atoms with E-state index in [0.29, 0.717) is 12.5 Å². The minimum atomic E-state index is 0.0334. The first-order valence-corrected chi connectivity index (χ1v) is 12.7. The molecule has 1 amide bonds. The third-order valence-corrected chi connectivity index (χ3v) is 9.26. The van der Waals surface area contributed by atoms with Crippen molar-refractivity contribution in [3.05, 3.63) is 69.7 Å². The Morgan fingerprint density at radius 1 is 1.12 bits per heavy atom. The molecule has 2 unspecified atom stereocenters. The predicted molar refractivity (Wildman–Crippen MR) is 136 cm³/mol. The fraction of sp³-hybridized carbons (Fsp3) is 0.517. The molecule has 1 heterocycles. The van der Waals surface area contributed by atoms with Crippen LogP contribution in [0.2, 0.25) is 5.02 Å². The molecule has 2 saturated carbocycles. The number of hydrazone groups is 1. The molecule has 2 fully saturated rings. The first-order chi connectivity index (χ1) is 15.6. The second-order valence-corrected chi connectivity index (χ2v) is 12.0. The topological polar surface area (TPSA) is 32.7 Å². The molecule has 2 aromatic rings. The first kappa shape index (κ1) is 22.7. The molecule has 174 valence electrons. The van der Waals surface area contributed by atoms with Crippen LogP contribution >= 0.6 is 11.6 Å². The van der Waals surface area contributed by atoms with E-state index in [2.05, 4.69) is 58.0 Å². The Labute approximate surface area is 203 Å². The van der Waals surface area contributed by atoms with Crippen LogP contribution in [-0.4, -0.2) is 23.2 Å². The minimum Gasteiger partial charge on any atom is -0.273 e. The summed E-state index contributed by atoms with van der Waals surface area (Å²) in [5.41, 5.74) is 5.80. The van der Waals surface area contributed by atoms with Gasteiger partial charge in [-0.25, -0.2) is 5.01 Å². The van der Waals surface area contributed by atoms with Crippen molar-refractivity contribution in [2.24, 2.45) is 33.7 Å². The van der Waals surface area contributed by atoms with Crippen LogP contribution in [0.5, 0.6) is 0 Å². The summed E-state index contributed by atoms with van der Waals surface area (Å²) in [6.45, 7) is 11.7. The van der Waals surface area contributed by atoms with Crippen LogP contribution in [0.4, 0.5) is 0 Å². The molecular formula is C29H35ClN2O. The van der Waals surface area contributed by atoms with Crippen molar-refractivity contribution >= 4 is 23.2 Å². The van der Waals surface area contributed by atoms with Gasteiger partial charge in [-0.05, 0) is 85.1 Å². The number of halogens is 1. The van der Waals surface area contributed by atoms with Gasteiger partial charge in [0.15, 0.2) is 0 Å². The first-order valence-electron chi connectivity index (χ1n) is 12.3. The van der Waals surface area contributed by atoms with Crippen LogP contribution < -0.4 is 0 Å². The molecule has 1 aliphatic heterocycles. The highest BCUT2D eigenvalue weighted by atomic mass is 35.5. The van der Waals surface area contributed by atoms with E-state index in [9.17, 15) is 4.79 Å². The maximum Gasteiger partial charge on any atom is 0.246 e. The number of benzene rings is 2. The molecule has 0 N–H and O–H groups in total. The summed E-state index contributed by atoms with van der Waals surface area (Å²) in [7, 11) is 0. The predicted octanol–water partition coefficient (Wildman–Crippen LogP) is 6.82. The summed E-state index contributed by atoms with van der Waals surface area (Å²) in [4.78, 5) is 14.0. The van der Waals surface area contributed by atoms with Crippen molar-refractivity contribution in [1.29, 1.82) is 0 Å². The molecule has 3 aliphatic rings. The molecule has 33 heavy (non-hydrogen) atoms. The van der Waals surface area contributed by atoms with E-state index in [1.807, 2.05) is 24.1 Å². The summed E-state index contributed by atoms with van der Waals surface area (Å²) < 4.78 is 0. The van der Waals surface area contributed by atoms with E-state index < -0.39 is 0 Å². The number of amides is 1. The Morgan fingerprint density at radius 2 is 1.85 bits per heavy atom. The second kappa shape index (κ2) is 7.98. The zero-order valence-electron chi connectivity index (χ0n) is 20.5. The molecule has 0 aromatic heterocycles. The van der Waals surface area contributed by atoms with Gasteiger partial charge in [-0.2, -0.15) is 5.10 Å². The molecule has 4 heteroatoms. The van der Waals surface area contributed by atoms with Crippen molar-refractivity contribution in [2.75, 3.05) is 6.54 Å². The Morgan fingerprint density at radius 3 is 2.48 bits per heavy atom. The maximum atomic E-state index is 14.0. The number of aryl methyl sites for hydroxylation is 2. The highest BCUT2D eigenvalue weighted by Gasteiger charge is 2.62. The van der Waals surface area contributed by atoms with Crippen molar-refractivity contribution in [3.8, 4) is 0 Å². The van der Waals surface area contributed by atoms with Gasteiger partial charge in [0.2, 0.25) is 5.91 Å². The molecule has 2 aromatic carbocycles. The maximum absolute atomic E-state index is 14.0. The van der Waals surface area contributed by atoms with E-state index in [4.69, 9.17) is 16.7 Å². The van der Waals surface area contributed by atoms with Crippen LogP contribution in [0.1, 0.15) is 62.3 Å². The third-order valence-electron chi connectivity index (χ3n) is 8.84. The Balaban J connectivity index is 1.48. The van der Waals surface area contributed by atoms with Gasteiger partial charge in [-0.1, -0.05) is 68.3 Å². The van der Waals surface area contributed by atoms with Gasteiger partial charge in [0.05, 0.1) is 18.2 Å². The summed E-state index contributed by atoms with van der Waals surface area (Å²) in [6, 6.07) is 14.8. The van der Waals surface area contributed by atoms with Gasteiger partial charge in [-0.15, -0.1) is 0 Å². The lowest BCUT2D eigenvalue weighted by molar-refractivity contribution is -0.144. The van der Waals surface area contributed by atoms with Crippen molar-refractivity contribution in [2.45, 2.75) is 60.3 Å². The van der Waals surface area contributed by atoms with Crippen LogP contribution in [0.3, 0.4) is 0 Å². The summed E-state index contributed by atoms with van der Waals surface area (Å²) in [6.07, 6.45) is 4.45. The van der Waals surface area contributed by atoms with Crippen molar-refractivity contribution in [3.63, 3.8) is 0 Å². The van der Waals surface area contributed by atoms with Crippen molar-refractivity contribution < 1.29 is 4.79 Å². The number of nitrogens with zero attached hydrogens (tertiary/aromatic N) is 2. The molecule has 0 spiro atoms. The largest absolute Gasteiger partial charge is 0.273 e. The van der Waals surface area contributed by atoms with E-state index in [1.54, 1.807) is 0 Å². The second-order valence-electron chi connectivity index (χ2n) is 11.6. The number of carbonyl (C=O) groups is 1. The standard InChI is InChI=1S/C29H35ClN2O/c1-18-6-8-20(9-7-18)15-22-17-32(31-25(22)21-10-11-24(30)19(2)14-21)27(33)26-28(3,4)23-12-13-29(26,5)16-23/h6-11,14,22-23,26H,12-13,15-17H2,1-5H3/t22?,23-,26?,29-/m1/s1. The smallest absolute Gasteiger partial charge is 0.246 e. The lowest BCUT2D eigenvalue weighted by atomic mass is 9.63. The van der Waals surface area contributed by atoms with Gasteiger partial charge in [0.25, 0.3) is 0 Å². The number of rotatable bonds is 4. The Kier molecular flexibility index (Phi) is 5.47. The lowest BCUT2D eigenvalue weighted by Crippen LogP contribution is -2.46. The Bertz CT molecular complexity index is 1110. The van der Waals surface area contributed by atoms with Gasteiger partial charge >= 0.3 is 0 Å². The highest BCUT2D eigenvalue weighted by Crippen LogP contribution is 2.66. The molecule has 0 saturated heterocycles. The Hall–Kier alpha value is -2.13. The van der Waals surface area contributed by atoms with Crippen LogP contribution in [-0.2, 0) is 11.2 Å². The van der Waals surface area contributed by atoms with E-state index in [0.717, 1.165) is 34.7 Å². The van der Waals surface area contributed by atoms with Gasteiger partial charge in [0, 0.05) is 10.9 Å². The molecule has 5 rings (SSSR count). The number of hydrogen-bond donors (Lipinski definition) is 0. The average molecular weight is 463 g/mol. The average Bonchev–Trinajstić information content (AvgIpc) is 3.41. The lowest BCUT2D eigenvalue weighted by Gasteiger charge is -2.42. The highest BCUT2D eigenvalue weighted by molar-refractivity contribution is 6.31. The van der Waals surface area contributed by atoms with Gasteiger partial charge in [-0.3, -0.25) is 4.79 Å². The molecule has 0 radical (unpaired) electrons. The normalized spacial score (nSPS) is 30.1. The summed E-state index contributed by atoms with van der Waals surface area (Å²) in [5, 5.41) is 7.58. The quantitative estimate of drug-likeness (QED) is 0.490. The summed E-state index contributed by atoms with van der Waals surface area (Å²) in [5.74, 6) is 1.08. The third kappa shape index (κ3) is 3.83. The van der Waals surface area contributed by atoms with Crippen LogP contribution in [0.25, 0.3) is 0 Å². The van der Waals surface area contributed by atoms with E-state index >= 15 is 0 Å².